The maximum absolute atomic E-state index is 10.6. The quantitative estimate of drug-likeness (QED) is 0.762. The van der Waals surface area contributed by atoms with Gasteiger partial charge in [-0.2, -0.15) is 0 Å². The largest absolute Gasteiger partial charge is 0.389 e. The highest BCUT2D eigenvalue weighted by Gasteiger charge is 2.34. The van der Waals surface area contributed by atoms with Gasteiger partial charge >= 0.3 is 0 Å². The van der Waals surface area contributed by atoms with Crippen molar-refractivity contribution in [2.45, 2.75) is 38.2 Å². The van der Waals surface area contributed by atoms with E-state index in [-0.39, 0.29) is 0 Å². The summed E-state index contributed by atoms with van der Waals surface area (Å²) in [6.45, 7) is 8.06. The average Bonchev–Trinajstić information content (AvgIpc) is 2.36. The smallest absolute Gasteiger partial charge is 0.0774 e. The first-order valence-electron chi connectivity index (χ1n) is 7.22. The molecule has 1 saturated carbocycles. The number of aliphatic hydroxyl groups is 1. The van der Waals surface area contributed by atoms with Crippen LogP contribution >= 0.6 is 0 Å². The lowest BCUT2D eigenvalue weighted by Gasteiger charge is -2.41. The van der Waals surface area contributed by atoms with E-state index in [0.29, 0.717) is 0 Å². The van der Waals surface area contributed by atoms with Crippen LogP contribution in [0.5, 0.6) is 0 Å². The number of rotatable bonds is 3. The van der Waals surface area contributed by atoms with Crippen LogP contribution in [0, 0.1) is 18.3 Å². The summed E-state index contributed by atoms with van der Waals surface area (Å²) in [7, 11) is 0. The second kappa shape index (κ2) is 6.06. The molecule has 3 nitrogen and oxygen atoms in total. The van der Waals surface area contributed by atoms with E-state index in [1.807, 2.05) is 0 Å². The Balaban J connectivity index is 1.76. The van der Waals surface area contributed by atoms with Crippen molar-refractivity contribution >= 4 is 0 Å². The summed E-state index contributed by atoms with van der Waals surface area (Å²) in [4.78, 5) is 4.71. The van der Waals surface area contributed by atoms with Gasteiger partial charge < -0.3 is 5.11 Å². The number of piperazine rings is 1. The van der Waals surface area contributed by atoms with Crippen LogP contribution < -0.4 is 0 Å². The summed E-state index contributed by atoms with van der Waals surface area (Å²) in [5.74, 6) is 3.49. The van der Waals surface area contributed by atoms with Crippen LogP contribution in [-0.4, -0.2) is 59.8 Å². The normalized spacial score (nSPS) is 35.3. The zero-order valence-electron chi connectivity index (χ0n) is 11.6. The second-order valence-corrected chi connectivity index (χ2v) is 6.16. The van der Waals surface area contributed by atoms with E-state index in [1.54, 1.807) is 0 Å². The summed E-state index contributed by atoms with van der Waals surface area (Å²) < 4.78 is 0. The standard InChI is InChI=1S/C15H26N2O/c1-3-8-16-9-11-17(12-10-16)13-15(18)6-4-14(2)5-7-15/h1,14,18H,4-13H2,2H3. The van der Waals surface area contributed by atoms with Gasteiger partial charge in [0.1, 0.15) is 0 Å². The molecule has 1 aliphatic heterocycles. The maximum atomic E-state index is 10.6. The Bertz CT molecular complexity index is 294. The van der Waals surface area contributed by atoms with Crippen molar-refractivity contribution in [1.29, 1.82) is 0 Å². The molecule has 2 rings (SSSR count). The molecule has 0 aromatic rings. The first-order valence-corrected chi connectivity index (χ1v) is 7.22. The fraction of sp³-hybridized carbons (Fsp3) is 0.867. The topological polar surface area (TPSA) is 26.7 Å². The molecule has 2 aliphatic rings. The maximum Gasteiger partial charge on any atom is 0.0774 e. The molecule has 0 aromatic carbocycles. The van der Waals surface area contributed by atoms with E-state index in [2.05, 4.69) is 22.6 Å². The number of hydrogen-bond donors (Lipinski definition) is 1. The Morgan fingerprint density at radius 3 is 2.28 bits per heavy atom. The summed E-state index contributed by atoms with van der Waals surface area (Å²) in [6, 6.07) is 0. The highest BCUT2D eigenvalue weighted by molar-refractivity contribution is 4.92. The molecule has 2 fully saturated rings. The molecule has 0 radical (unpaired) electrons. The average molecular weight is 250 g/mol. The first kappa shape index (κ1) is 13.9. The van der Waals surface area contributed by atoms with Crippen molar-refractivity contribution in [3.05, 3.63) is 0 Å². The molecule has 0 amide bonds. The number of terminal acetylenes is 1. The molecule has 0 atom stereocenters. The molecule has 18 heavy (non-hydrogen) atoms. The minimum Gasteiger partial charge on any atom is -0.389 e. The van der Waals surface area contributed by atoms with E-state index >= 15 is 0 Å². The minimum atomic E-state index is -0.430. The van der Waals surface area contributed by atoms with Gasteiger partial charge in [-0.3, -0.25) is 9.80 Å². The Morgan fingerprint density at radius 1 is 1.17 bits per heavy atom. The van der Waals surface area contributed by atoms with E-state index in [1.165, 1.54) is 12.8 Å². The Kier molecular flexibility index (Phi) is 4.66. The molecule has 1 saturated heterocycles. The van der Waals surface area contributed by atoms with Crippen molar-refractivity contribution in [3.8, 4) is 12.3 Å². The molecule has 3 heteroatoms. The van der Waals surface area contributed by atoms with Crippen LogP contribution in [0.25, 0.3) is 0 Å². The van der Waals surface area contributed by atoms with Gasteiger partial charge in [0.15, 0.2) is 0 Å². The summed E-state index contributed by atoms with van der Waals surface area (Å²) in [6.07, 6.45) is 9.62. The summed E-state index contributed by atoms with van der Waals surface area (Å²) in [5.41, 5.74) is -0.430. The van der Waals surface area contributed by atoms with Crippen molar-refractivity contribution < 1.29 is 5.11 Å². The monoisotopic (exact) mass is 250 g/mol. The van der Waals surface area contributed by atoms with Gasteiger partial charge in [-0.25, -0.2) is 0 Å². The summed E-state index contributed by atoms with van der Waals surface area (Å²) in [5, 5.41) is 10.6. The van der Waals surface area contributed by atoms with Crippen LogP contribution in [0.3, 0.4) is 0 Å². The van der Waals surface area contributed by atoms with Gasteiger partial charge in [-0.1, -0.05) is 12.8 Å². The van der Waals surface area contributed by atoms with E-state index in [0.717, 1.165) is 58.0 Å². The molecule has 1 heterocycles. The van der Waals surface area contributed by atoms with Gasteiger partial charge in [-0.05, 0) is 31.6 Å². The first-order chi connectivity index (χ1) is 8.61. The van der Waals surface area contributed by atoms with Crippen molar-refractivity contribution in [3.63, 3.8) is 0 Å². The van der Waals surface area contributed by atoms with Gasteiger partial charge in [-0.15, -0.1) is 6.42 Å². The number of hydrogen-bond acceptors (Lipinski definition) is 3. The highest BCUT2D eigenvalue weighted by atomic mass is 16.3. The van der Waals surface area contributed by atoms with E-state index in [4.69, 9.17) is 6.42 Å². The van der Waals surface area contributed by atoms with Crippen LogP contribution in [0.15, 0.2) is 0 Å². The van der Waals surface area contributed by atoms with Gasteiger partial charge in [0, 0.05) is 32.7 Å². The third-order valence-corrected chi connectivity index (χ3v) is 4.50. The fourth-order valence-electron chi connectivity index (χ4n) is 3.11. The van der Waals surface area contributed by atoms with Crippen molar-refractivity contribution in [2.24, 2.45) is 5.92 Å². The zero-order valence-corrected chi connectivity index (χ0v) is 11.6. The molecule has 0 aromatic heterocycles. The molecule has 1 aliphatic carbocycles. The van der Waals surface area contributed by atoms with Crippen molar-refractivity contribution in [2.75, 3.05) is 39.3 Å². The predicted molar refractivity (Wildman–Crippen MR) is 74.3 cm³/mol. The van der Waals surface area contributed by atoms with Gasteiger partial charge in [0.25, 0.3) is 0 Å². The fourth-order valence-corrected chi connectivity index (χ4v) is 3.11. The zero-order chi connectivity index (χ0) is 13.0. The van der Waals surface area contributed by atoms with Crippen LogP contribution in [0.1, 0.15) is 32.6 Å². The molecule has 0 spiro atoms. The lowest BCUT2D eigenvalue weighted by Crippen LogP contribution is -2.52. The molecule has 0 unspecified atom stereocenters. The van der Waals surface area contributed by atoms with Gasteiger partial charge in [0.05, 0.1) is 12.1 Å². The SMILES string of the molecule is C#CCN1CCN(CC2(O)CCC(C)CC2)CC1. The minimum absolute atomic E-state index is 0.430. The number of β-amino-alcohol motifs (C(OH)–C–C–N with tert-alkyl or cyclic N) is 1. The Labute approximate surface area is 111 Å². The Morgan fingerprint density at radius 2 is 1.72 bits per heavy atom. The second-order valence-electron chi connectivity index (χ2n) is 6.16. The molecule has 0 bridgehead atoms. The lowest BCUT2D eigenvalue weighted by molar-refractivity contribution is -0.0426. The molecular formula is C15H26N2O. The predicted octanol–water partition coefficient (Wildman–Crippen LogP) is 1.18. The third-order valence-electron chi connectivity index (χ3n) is 4.50. The van der Waals surface area contributed by atoms with Gasteiger partial charge in [0.2, 0.25) is 0 Å². The number of nitrogens with zero attached hydrogens (tertiary/aromatic N) is 2. The van der Waals surface area contributed by atoms with E-state index < -0.39 is 5.60 Å². The molecular weight excluding hydrogens is 224 g/mol. The van der Waals surface area contributed by atoms with E-state index in [9.17, 15) is 5.11 Å². The lowest BCUT2D eigenvalue weighted by atomic mass is 9.79. The summed E-state index contributed by atoms with van der Waals surface area (Å²) >= 11 is 0. The Hall–Kier alpha value is -0.560. The van der Waals surface area contributed by atoms with Crippen LogP contribution in [-0.2, 0) is 0 Å². The molecule has 1 N–H and O–H groups in total. The highest BCUT2D eigenvalue weighted by Crippen LogP contribution is 2.32. The van der Waals surface area contributed by atoms with Crippen molar-refractivity contribution in [1.82, 2.24) is 9.80 Å². The third kappa shape index (κ3) is 3.71. The molecule has 102 valence electrons. The van der Waals surface area contributed by atoms with Crippen LogP contribution in [0.2, 0.25) is 0 Å². The van der Waals surface area contributed by atoms with Crippen LogP contribution in [0.4, 0.5) is 0 Å².